The topological polar surface area (TPSA) is 42.2 Å². The normalized spacial score (nSPS) is 11.3. The van der Waals surface area contributed by atoms with Crippen molar-refractivity contribution in [2.24, 2.45) is 0 Å². The molecule has 0 amide bonds. The second-order valence-electron chi connectivity index (χ2n) is 10.4. The van der Waals surface area contributed by atoms with Crippen LogP contribution in [-0.2, 0) is 0 Å². The van der Waals surface area contributed by atoms with Crippen molar-refractivity contribution in [2.45, 2.75) is 0 Å². The van der Waals surface area contributed by atoms with Gasteiger partial charge in [-0.15, -0.1) is 11.3 Å². The zero-order chi connectivity index (χ0) is 28.6. The van der Waals surface area contributed by atoms with E-state index in [1.165, 1.54) is 16.0 Å². The van der Waals surface area contributed by atoms with Crippen molar-refractivity contribution in [2.75, 3.05) is 4.90 Å². The molecule has 0 spiro atoms. The standard InChI is InChI=1S/C38H25N3OS/c1-2-7-26(8-3-1)27-13-17-32(18-14-27)41(33-19-15-28(16-20-33)35-24-30-10-5-21-39-37(30)42-35)34-12-4-9-29(23-34)36-25-31-11-6-22-40-38(31)43-36/h1-25H. The molecule has 8 aromatic rings. The van der Waals surface area contributed by atoms with Crippen LogP contribution in [0, 0.1) is 0 Å². The van der Waals surface area contributed by atoms with Gasteiger partial charge in [0.1, 0.15) is 10.6 Å². The highest BCUT2D eigenvalue weighted by Crippen LogP contribution is 2.40. The van der Waals surface area contributed by atoms with Crippen molar-refractivity contribution in [3.05, 3.63) is 152 Å². The number of aromatic nitrogens is 2. The average molecular weight is 572 g/mol. The Balaban J connectivity index is 1.21. The molecule has 0 N–H and O–H groups in total. The number of hydrogen-bond donors (Lipinski definition) is 0. The Morgan fingerprint density at radius 2 is 1.16 bits per heavy atom. The molecule has 0 radical (unpaired) electrons. The molecule has 4 heterocycles. The molecule has 4 aromatic carbocycles. The largest absolute Gasteiger partial charge is 0.438 e. The molecule has 0 saturated carbocycles. The van der Waals surface area contributed by atoms with Gasteiger partial charge in [0.15, 0.2) is 0 Å². The van der Waals surface area contributed by atoms with Crippen LogP contribution in [0.3, 0.4) is 0 Å². The van der Waals surface area contributed by atoms with Gasteiger partial charge in [0.05, 0.1) is 0 Å². The van der Waals surface area contributed by atoms with E-state index in [0.717, 1.165) is 49.6 Å². The van der Waals surface area contributed by atoms with Crippen LogP contribution in [0.4, 0.5) is 17.1 Å². The molecule has 204 valence electrons. The Hall–Kier alpha value is -5.52. The Morgan fingerprint density at radius 3 is 1.91 bits per heavy atom. The predicted octanol–water partition coefficient (Wildman–Crippen LogP) is 10.9. The van der Waals surface area contributed by atoms with E-state index in [-0.39, 0.29) is 0 Å². The van der Waals surface area contributed by atoms with E-state index in [4.69, 9.17) is 4.42 Å². The average Bonchev–Trinajstić information content (AvgIpc) is 3.71. The first-order valence-corrected chi connectivity index (χ1v) is 15.0. The summed E-state index contributed by atoms with van der Waals surface area (Å²) in [5.74, 6) is 0.805. The first kappa shape index (κ1) is 25.2. The van der Waals surface area contributed by atoms with E-state index in [9.17, 15) is 0 Å². The molecule has 0 fully saturated rings. The van der Waals surface area contributed by atoms with Gasteiger partial charge in [-0.2, -0.15) is 0 Å². The lowest BCUT2D eigenvalue weighted by molar-refractivity contribution is 0.618. The van der Waals surface area contributed by atoms with E-state index in [1.807, 2.05) is 36.5 Å². The number of thiophene rings is 1. The third kappa shape index (κ3) is 4.86. The number of benzene rings is 4. The number of furan rings is 1. The maximum atomic E-state index is 6.04. The van der Waals surface area contributed by atoms with E-state index in [0.29, 0.717) is 5.71 Å². The van der Waals surface area contributed by atoms with Gasteiger partial charge in [0.2, 0.25) is 5.71 Å². The van der Waals surface area contributed by atoms with Gasteiger partial charge in [0.25, 0.3) is 0 Å². The first-order chi connectivity index (χ1) is 21.3. The number of anilines is 3. The van der Waals surface area contributed by atoms with Crippen LogP contribution in [0.2, 0.25) is 0 Å². The van der Waals surface area contributed by atoms with Crippen molar-refractivity contribution in [3.63, 3.8) is 0 Å². The summed E-state index contributed by atoms with van der Waals surface area (Å²) in [5.41, 5.74) is 8.42. The van der Waals surface area contributed by atoms with E-state index in [1.54, 1.807) is 17.5 Å². The van der Waals surface area contributed by atoms with E-state index < -0.39 is 0 Å². The molecule has 0 aliphatic carbocycles. The summed E-state index contributed by atoms with van der Waals surface area (Å²) in [7, 11) is 0. The Kier molecular flexibility index (Phi) is 6.28. The maximum absolute atomic E-state index is 6.04. The summed E-state index contributed by atoms with van der Waals surface area (Å²) in [5, 5.41) is 2.16. The number of nitrogens with zero attached hydrogens (tertiary/aromatic N) is 3. The summed E-state index contributed by atoms with van der Waals surface area (Å²) in [6.07, 6.45) is 3.61. The van der Waals surface area contributed by atoms with Crippen LogP contribution in [0.5, 0.6) is 0 Å². The number of fused-ring (bicyclic) bond motifs is 2. The monoisotopic (exact) mass is 571 g/mol. The van der Waals surface area contributed by atoms with Crippen molar-refractivity contribution in [3.8, 4) is 32.9 Å². The van der Waals surface area contributed by atoms with E-state index >= 15 is 0 Å². The number of rotatable bonds is 6. The van der Waals surface area contributed by atoms with Crippen LogP contribution >= 0.6 is 11.3 Å². The third-order valence-corrected chi connectivity index (χ3v) is 8.73. The van der Waals surface area contributed by atoms with E-state index in [2.05, 4.69) is 124 Å². The van der Waals surface area contributed by atoms with Gasteiger partial charge >= 0.3 is 0 Å². The minimum atomic E-state index is 0.648. The van der Waals surface area contributed by atoms with Crippen LogP contribution in [0.1, 0.15) is 0 Å². The zero-order valence-corrected chi connectivity index (χ0v) is 23.9. The summed E-state index contributed by atoms with van der Waals surface area (Å²) in [6, 6.07) is 48.8. The fourth-order valence-electron chi connectivity index (χ4n) is 5.48. The first-order valence-electron chi connectivity index (χ1n) is 14.1. The Morgan fingerprint density at radius 1 is 0.488 bits per heavy atom. The molecule has 0 aliphatic rings. The second-order valence-corrected chi connectivity index (χ2v) is 11.4. The molecule has 0 saturated heterocycles. The molecule has 4 nitrogen and oxygen atoms in total. The third-order valence-electron chi connectivity index (χ3n) is 7.62. The molecule has 0 atom stereocenters. The predicted molar refractivity (Wildman–Crippen MR) is 178 cm³/mol. The van der Waals surface area contributed by atoms with Gasteiger partial charge < -0.3 is 9.32 Å². The molecule has 0 aliphatic heterocycles. The summed E-state index contributed by atoms with van der Waals surface area (Å²) >= 11 is 1.72. The minimum absolute atomic E-state index is 0.648. The SMILES string of the molecule is c1ccc(-c2ccc(N(c3ccc(-c4cc5cccnc5o4)cc3)c3cccc(-c4cc5cccnc5s4)c3)cc2)cc1. The fourth-order valence-corrected chi connectivity index (χ4v) is 6.48. The summed E-state index contributed by atoms with van der Waals surface area (Å²) in [4.78, 5) is 13.5. The van der Waals surface area contributed by atoms with Crippen molar-refractivity contribution >= 4 is 49.7 Å². The molecule has 0 bridgehead atoms. The van der Waals surface area contributed by atoms with Crippen molar-refractivity contribution in [1.29, 1.82) is 0 Å². The number of pyridine rings is 2. The molecule has 4 aromatic heterocycles. The van der Waals surface area contributed by atoms with Crippen LogP contribution in [0.15, 0.2) is 156 Å². The van der Waals surface area contributed by atoms with Gasteiger partial charge in [0, 0.05) is 50.7 Å². The highest BCUT2D eigenvalue weighted by molar-refractivity contribution is 7.21. The lowest BCUT2D eigenvalue weighted by atomic mass is 10.0. The van der Waals surface area contributed by atoms with Crippen LogP contribution in [0.25, 0.3) is 54.2 Å². The highest BCUT2D eigenvalue weighted by Gasteiger charge is 2.16. The molecule has 0 unspecified atom stereocenters. The smallest absolute Gasteiger partial charge is 0.226 e. The second kappa shape index (κ2) is 10.7. The maximum Gasteiger partial charge on any atom is 0.226 e. The fraction of sp³-hybridized carbons (Fsp3) is 0. The highest BCUT2D eigenvalue weighted by atomic mass is 32.1. The summed E-state index contributed by atoms with van der Waals surface area (Å²) in [6.45, 7) is 0. The van der Waals surface area contributed by atoms with Gasteiger partial charge in [-0.25, -0.2) is 9.97 Å². The number of hydrogen-bond acceptors (Lipinski definition) is 5. The van der Waals surface area contributed by atoms with Crippen LogP contribution in [-0.4, -0.2) is 9.97 Å². The molecule has 8 rings (SSSR count). The molecule has 43 heavy (non-hydrogen) atoms. The Labute approximate surface area is 253 Å². The van der Waals surface area contributed by atoms with Crippen molar-refractivity contribution < 1.29 is 4.42 Å². The quantitative estimate of drug-likeness (QED) is 0.199. The molecular formula is C38H25N3OS. The van der Waals surface area contributed by atoms with Gasteiger partial charge in [-0.3, -0.25) is 0 Å². The lowest BCUT2D eigenvalue weighted by Gasteiger charge is -2.26. The summed E-state index contributed by atoms with van der Waals surface area (Å²) < 4.78 is 6.04. The zero-order valence-electron chi connectivity index (χ0n) is 23.1. The molecular weight excluding hydrogens is 547 g/mol. The Bertz CT molecular complexity index is 2120. The lowest BCUT2D eigenvalue weighted by Crippen LogP contribution is -2.09. The molecule has 5 heteroatoms. The minimum Gasteiger partial charge on any atom is -0.438 e. The van der Waals surface area contributed by atoms with Crippen LogP contribution < -0.4 is 4.90 Å². The van der Waals surface area contributed by atoms with Crippen molar-refractivity contribution in [1.82, 2.24) is 9.97 Å². The van der Waals surface area contributed by atoms with Gasteiger partial charge in [-0.1, -0.05) is 60.7 Å². The van der Waals surface area contributed by atoms with Gasteiger partial charge in [-0.05, 0) is 95.6 Å².